The fraction of sp³-hybridized carbons (Fsp3) is 0.250. The van der Waals surface area contributed by atoms with Crippen molar-refractivity contribution in [3.8, 4) is 0 Å². The molecule has 1 heterocycles. The van der Waals surface area contributed by atoms with E-state index in [4.69, 9.17) is 17.0 Å². The molecule has 0 spiro atoms. The second-order valence-corrected chi connectivity index (χ2v) is 8.50. The molecule has 0 aliphatic heterocycles. The van der Waals surface area contributed by atoms with Crippen LogP contribution < -0.4 is 20.9 Å². The van der Waals surface area contributed by atoms with Crippen molar-refractivity contribution < 1.29 is 17.9 Å². The molecule has 150 valence electrons. The highest BCUT2D eigenvalue weighted by molar-refractivity contribution is 7.92. The summed E-state index contributed by atoms with van der Waals surface area (Å²) in [6.45, 7) is 5.20. The summed E-state index contributed by atoms with van der Waals surface area (Å²) in [4.78, 5) is 19.2. The minimum Gasteiger partial charge on any atom is -0.443 e. The van der Waals surface area contributed by atoms with E-state index in [2.05, 4.69) is 30.9 Å². The molecule has 2 aromatic rings. The van der Waals surface area contributed by atoms with Gasteiger partial charge in [0.15, 0.2) is 5.11 Å². The van der Waals surface area contributed by atoms with E-state index in [1.165, 1.54) is 36.7 Å². The summed E-state index contributed by atoms with van der Waals surface area (Å²) in [7, 11) is -3.82. The molecule has 10 nitrogen and oxygen atoms in total. The second-order valence-electron chi connectivity index (χ2n) is 6.41. The number of thiocarbonyl (C=S) groups is 1. The molecular formula is C16H20N6O4S2. The van der Waals surface area contributed by atoms with E-state index in [9.17, 15) is 13.2 Å². The number of hydrogen-bond donors (Lipinski definition) is 4. The molecule has 0 fully saturated rings. The molecule has 0 aliphatic rings. The highest BCUT2D eigenvalue weighted by Crippen LogP contribution is 2.16. The number of amides is 1. The van der Waals surface area contributed by atoms with E-state index >= 15 is 0 Å². The molecule has 0 aliphatic carbocycles. The Balaban J connectivity index is 1.91. The molecule has 0 saturated carbocycles. The summed E-state index contributed by atoms with van der Waals surface area (Å²) in [6, 6.07) is 7.38. The molecule has 0 unspecified atom stereocenters. The van der Waals surface area contributed by atoms with Gasteiger partial charge in [0.2, 0.25) is 5.95 Å². The lowest BCUT2D eigenvalue weighted by molar-refractivity contribution is 0.0513. The number of aromatic nitrogens is 2. The van der Waals surface area contributed by atoms with Gasteiger partial charge in [-0.05, 0) is 63.3 Å². The Hall–Kier alpha value is -2.99. The first-order valence-electron chi connectivity index (χ1n) is 8.01. The number of nitrogens with one attached hydrogen (secondary N) is 4. The Morgan fingerprint density at radius 1 is 1.07 bits per heavy atom. The van der Waals surface area contributed by atoms with Gasteiger partial charge in [-0.25, -0.2) is 33.3 Å². The minimum atomic E-state index is -3.82. The van der Waals surface area contributed by atoms with Crippen LogP contribution >= 0.6 is 12.2 Å². The van der Waals surface area contributed by atoms with Crippen LogP contribution in [-0.2, 0) is 14.8 Å². The van der Waals surface area contributed by atoms with Crippen LogP contribution in [0, 0.1) is 0 Å². The largest absolute Gasteiger partial charge is 0.443 e. The molecule has 12 heteroatoms. The van der Waals surface area contributed by atoms with Gasteiger partial charge in [0.05, 0.1) is 4.90 Å². The average molecular weight is 425 g/mol. The Labute approximate surface area is 168 Å². The van der Waals surface area contributed by atoms with E-state index in [-0.39, 0.29) is 16.0 Å². The van der Waals surface area contributed by atoms with Crippen molar-refractivity contribution in [3.63, 3.8) is 0 Å². The Bertz CT molecular complexity index is 928. The van der Waals surface area contributed by atoms with Crippen LogP contribution in [0.4, 0.5) is 16.4 Å². The lowest BCUT2D eigenvalue weighted by atomic mass is 10.2. The number of nitrogens with zero attached hydrogens (tertiary/aromatic N) is 2. The van der Waals surface area contributed by atoms with E-state index in [0.717, 1.165) is 0 Å². The topological polar surface area (TPSA) is 134 Å². The van der Waals surface area contributed by atoms with Crippen molar-refractivity contribution in [2.24, 2.45) is 0 Å². The number of anilines is 2. The fourth-order valence-corrected chi connectivity index (χ4v) is 2.95. The van der Waals surface area contributed by atoms with Crippen LogP contribution in [-0.4, -0.2) is 35.2 Å². The summed E-state index contributed by atoms with van der Waals surface area (Å²) in [6.07, 6.45) is 2.17. The molecule has 4 N–H and O–H groups in total. The molecule has 0 saturated heterocycles. The van der Waals surface area contributed by atoms with Gasteiger partial charge in [-0.1, -0.05) is 0 Å². The van der Waals surface area contributed by atoms with Crippen molar-refractivity contribution >= 4 is 45.1 Å². The third-order valence-electron chi connectivity index (χ3n) is 2.89. The molecule has 1 amide bonds. The number of rotatable bonds is 4. The normalized spacial score (nSPS) is 11.2. The maximum absolute atomic E-state index is 12.3. The van der Waals surface area contributed by atoms with E-state index in [0.29, 0.717) is 5.69 Å². The molecular weight excluding hydrogens is 404 g/mol. The van der Waals surface area contributed by atoms with Gasteiger partial charge in [-0.15, -0.1) is 0 Å². The molecule has 28 heavy (non-hydrogen) atoms. The number of carbonyl (C=O) groups excluding carboxylic acids is 1. The highest BCUT2D eigenvalue weighted by atomic mass is 32.2. The predicted molar refractivity (Wildman–Crippen MR) is 108 cm³/mol. The molecule has 0 radical (unpaired) electrons. The molecule has 1 aromatic heterocycles. The number of hydrazine groups is 1. The van der Waals surface area contributed by atoms with Crippen LogP contribution in [0.2, 0.25) is 0 Å². The second kappa shape index (κ2) is 8.80. The van der Waals surface area contributed by atoms with Crippen LogP contribution in [0.25, 0.3) is 0 Å². The average Bonchev–Trinajstić information content (AvgIpc) is 2.59. The van der Waals surface area contributed by atoms with Gasteiger partial charge in [0.1, 0.15) is 5.60 Å². The Morgan fingerprint density at radius 2 is 1.68 bits per heavy atom. The summed E-state index contributed by atoms with van der Waals surface area (Å²) in [5.74, 6) is -0.0247. The molecule has 0 bridgehead atoms. The Morgan fingerprint density at radius 3 is 2.25 bits per heavy atom. The summed E-state index contributed by atoms with van der Waals surface area (Å²) in [5.41, 5.74) is 4.64. The van der Waals surface area contributed by atoms with E-state index in [1.807, 2.05) is 0 Å². The third-order valence-corrected chi connectivity index (χ3v) is 4.44. The number of hydrogen-bond acceptors (Lipinski definition) is 7. The van der Waals surface area contributed by atoms with Gasteiger partial charge < -0.3 is 10.1 Å². The van der Waals surface area contributed by atoms with Gasteiger partial charge in [0.25, 0.3) is 10.0 Å². The zero-order valence-corrected chi connectivity index (χ0v) is 17.0. The SMILES string of the molecule is CC(C)(C)OC(=O)NNC(=S)Nc1ccc(S(=O)(=O)Nc2ncccn2)cc1. The minimum absolute atomic E-state index is 0.0243. The van der Waals surface area contributed by atoms with Crippen molar-refractivity contribution in [1.29, 1.82) is 0 Å². The smallest absolute Gasteiger partial charge is 0.426 e. The number of carbonyl (C=O) groups is 1. The maximum atomic E-state index is 12.3. The Kier molecular flexibility index (Phi) is 6.70. The summed E-state index contributed by atoms with van der Waals surface area (Å²) < 4.78 is 32.0. The molecule has 0 atom stereocenters. The van der Waals surface area contributed by atoms with Crippen LogP contribution in [0.3, 0.4) is 0 Å². The van der Waals surface area contributed by atoms with Gasteiger partial charge in [-0.2, -0.15) is 0 Å². The zero-order valence-electron chi connectivity index (χ0n) is 15.4. The van der Waals surface area contributed by atoms with E-state index in [1.54, 1.807) is 26.8 Å². The van der Waals surface area contributed by atoms with Gasteiger partial charge in [0, 0.05) is 18.1 Å². The number of benzene rings is 1. The number of sulfonamides is 1. The summed E-state index contributed by atoms with van der Waals surface area (Å²) in [5, 5.41) is 2.89. The van der Waals surface area contributed by atoms with Crippen molar-refractivity contribution in [2.45, 2.75) is 31.3 Å². The van der Waals surface area contributed by atoms with Crippen LogP contribution in [0.5, 0.6) is 0 Å². The van der Waals surface area contributed by atoms with Crippen molar-refractivity contribution in [3.05, 3.63) is 42.7 Å². The first-order valence-corrected chi connectivity index (χ1v) is 9.90. The monoisotopic (exact) mass is 424 g/mol. The van der Waals surface area contributed by atoms with Crippen LogP contribution in [0.15, 0.2) is 47.6 Å². The lowest BCUT2D eigenvalue weighted by Gasteiger charge is -2.20. The third kappa shape index (κ3) is 6.96. The maximum Gasteiger partial charge on any atom is 0.426 e. The van der Waals surface area contributed by atoms with Crippen LogP contribution in [0.1, 0.15) is 20.8 Å². The number of ether oxygens (including phenoxy) is 1. The highest BCUT2D eigenvalue weighted by Gasteiger charge is 2.17. The first-order chi connectivity index (χ1) is 13.0. The summed E-state index contributed by atoms with van der Waals surface area (Å²) >= 11 is 5.05. The fourth-order valence-electron chi connectivity index (χ4n) is 1.82. The first kappa shape index (κ1) is 21.3. The van der Waals surface area contributed by atoms with E-state index < -0.39 is 21.7 Å². The molecule has 1 aromatic carbocycles. The van der Waals surface area contributed by atoms with Crippen molar-refractivity contribution in [2.75, 3.05) is 10.0 Å². The quantitative estimate of drug-likeness (QED) is 0.429. The van der Waals surface area contributed by atoms with Gasteiger partial charge in [-0.3, -0.25) is 5.43 Å². The molecule has 2 rings (SSSR count). The lowest BCUT2D eigenvalue weighted by Crippen LogP contribution is -2.45. The predicted octanol–water partition coefficient (Wildman–Crippen LogP) is 2.00. The van der Waals surface area contributed by atoms with Gasteiger partial charge >= 0.3 is 6.09 Å². The zero-order chi connectivity index (χ0) is 20.8. The standard InChI is InChI=1S/C16H20N6O4S2/c1-16(2,3)26-15(23)21-20-14(27)19-11-5-7-12(8-6-11)28(24,25)22-13-17-9-4-10-18-13/h4-10H,1-3H3,(H,21,23)(H,17,18,22)(H2,19,20,27). The van der Waals surface area contributed by atoms with Crippen molar-refractivity contribution in [1.82, 2.24) is 20.8 Å².